The molecule has 6 heteroatoms. The van der Waals surface area contributed by atoms with E-state index in [2.05, 4.69) is 9.05 Å². The molecule has 1 rings (SSSR count). The molecule has 1 aliphatic rings. The van der Waals surface area contributed by atoms with E-state index < -0.39 is 14.7 Å². The van der Waals surface area contributed by atoms with E-state index >= 15 is 0 Å². The molecule has 0 aromatic carbocycles. The van der Waals surface area contributed by atoms with Crippen molar-refractivity contribution in [2.75, 3.05) is 0 Å². The van der Waals surface area contributed by atoms with Crippen LogP contribution >= 0.6 is 8.25 Å². The topological polar surface area (TPSA) is 61.5 Å². The second-order valence-electron chi connectivity index (χ2n) is 0.803. The van der Waals surface area contributed by atoms with Gasteiger partial charge in [-0.1, -0.05) is 9.05 Å². The predicted octanol–water partition coefficient (Wildman–Crippen LogP) is -0.448. The summed E-state index contributed by atoms with van der Waals surface area (Å²) >= 11 is 0. The Morgan fingerprint density at radius 2 is 2.00 bits per heavy atom. The Balaban J connectivity index is 0.000000360. The Bertz CT molecular complexity index is 79.0. The van der Waals surface area contributed by atoms with Gasteiger partial charge in [-0.05, 0) is 0 Å². The van der Waals surface area contributed by atoms with Crippen molar-refractivity contribution in [2.24, 2.45) is 5.73 Å². The zero-order valence-electron chi connectivity index (χ0n) is 3.83. The summed E-state index contributed by atoms with van der Waals surface area (Å²) in [6.07, 6.45) is -0.742. The first-order valence-electron chi connectivity index (χ1n) is 1.35. The van der Waals surface area contributed by atoms with Gasteiger partial charge in [0.15, 0.2) is 0 Å². The summed E-state index contributed by atoms with van der Waals surface area (Å²) in [6, 6.07) is 0. The standard InChI is InChI=1S/CH3NO3P.K/c2-1-4-6(3)5-1;/h1H,2H2;/q+1;. The summed E-state index contributed by atoms with van der Waals surface area (Å²) in [7, 11) is -1.83. The Morgan fingerprint density at radius 3 is 2.00 bits per heavy atom. The van der Waals surface area contributed by atoms with Crippen LogP contribution in [-0.4, -0.2) is 57.8 Å². The van der Waals surface area contributed by atoms with E-state index in [1.54, 1.807) is 0 Å². The van der Waals surface area contributed by atoms with Gasteiger partial charge in [0.2, 0.25) is 0 Å². The first-order valence-corrected chi connectivity index (χ1v) is 2.45. The van der Waals surface area contributed by atoms with Gasteiger partial charge in [-0.15, -0.1) is 0 Å². The van der Waals surface area contributed by atoms with Gasteiger partial charge in [0.25, 0.3) is 0 Å². The van der Waals surface area contributed by atoms with Crippen molar-refractivity contribution in [3.8, 4) is 0 Å². The molecule has 1 heterocycles. The summed E-state index contributed by atoms with van der Waals surface area (Å²) < 4.78 is 18.1. The molecule has 0 unspecified atom stereocenters. The maximum Gasteiger partial charge on any atom is 0.706 e. The fourth-order valence-corrected chi connectivity index (χ4v) is 0.533. The Kier molecular flexibility index (Phi) is 4.44. The van der Waals surface area contributed by atoms with E-state index in [0.717, 1.165) is 0 Å². The van der Waals surface area contributed by atoms with E-state index in [1.807, 2.05) is 0 Å². The third-order valence-electron chi connectivity index (χ3n) is 0.380. The molecule has 0 aliphatic carbocycles. The molecular formula is CH3KNO3P+. The van der Waals surface area contributed by atoms with Crippen molar-refractivity contribution in [1.29, 1.82) is 0 Å². The number of hydrogen-bond donors (Lipinski definition) is 1. The molecule has 1 radical (unpaired) electrons. The normalized spacial score (nSPS) is 33.3. The minimum atomic E-state index is -1.83. The van der Waals surface area contributed by atoms with Gasteiger partial charge in [0.05, 0.1) is 0 Å². The summed E-state index contributed by atoms with van der Waals surface area (Å²) in [4.78, 5) is 0. The second kappa shape index (κ2) is 3.61. The fourth-order valence-electron chi connectivity index (χ4n) is 0.178. The van der Waals surface area contributed by atoms with Gasteiger partial charge in [0, 0.05) is 55.9 Å². The molecule has 1 aliphatic heterocycles. The molecule has 0 saturated carbocycles. The molecule has 2 N–H and O–H groups in total. The predicted molar refractivity (Wildman–Crippen MR) is 23.5 cm³/mol. The van der Waals surface area contributed by atoms with Gasteiger partial charge in [-0.2, -0.15) is 0 Å². The zero-order chi connectivity index (χ0) is 4.57. The van der Waals surface area contributed by atoms with Crippen LogP contribution < -0.4 is 5.73 Å². The van der Waals surface area contributed by atoms with Crippen LogP contribution in [0.2, 0.25) is 0 Å². The van der Waals surface area contributed by atoms with Crippen LogP contribution in [-0.2, 0) is 13.6 Å². The molecular weight excluding hydrogens is 144 g/mol. The second-order valence-corrected chi connectivity index (χ2v) is 1.67. The monoisotopic (exact) mass is 147 g/mol. The SMILES string of the molecule is NC1O[P+](=O)O1.[K]. The van der Waals surface area contributed by atoms with Crippen LogP contribution in [0.1, 0.15) is 0 Å². The van der Waals surface area contributed by atoms with E-state index in [4.69, 9.17) is 5.73 Å². The molecule has 0 aromatic rings. The summed E-state index contributed by atoms with van der Waals surface area (Å²) in [5.74, 6) is 0. The van der Waals surface area contributed by atoms with Crippen LogP contribution in [0.5, 0.6) is 0 Å². The minimum Gasteiger partial charge on any atom is -0.275 e. The smallest absolute Gasteiger partial charge is 0.275 e. The third-order valence-corrected chi connectivity index (χ3v) is 1.14. The van der Waals surface area contributed by atoms with Crippen molar-refractivity contribution in [3.63, 3.8) is 0 Å². The molecule has 1 fully saturated rings. The quantitative estimate of drug-likeness (QED) is 0.372. The molecule has 4 nitrogen and oxygen atoms in total. The van der Waals surface area contributed by atoms with Crippen LogP contribution in [0.4, 0.5) is 0 Å². The maximum absolute atomic E-state index is 9.73. The maximum atomic E-state index is 9.73. The van der Waals surface area contributed by atoms with E-state index in [1.165, 1.54) is 0 Å². The Morgan fingerprint density at radius 1 is 1.57 bits per heavy atom. The van der Waals surface area contributed by atoms with Crippen LogP contribution in [0.25, 0.3) is 0 Å². The van der Waals surface area contributed by atoms with Crippen LogP contribution in [0, 0.1) is 0 Å². The number of nitrogens with two attached hydrogens (primary N) is 1. The van der Waals surface area contributed by atoms with E-state index in [0.29, 0.717) is 0 Å². The van der Waals surface area contributed by atoms with Crippen molar-refractivity contribution in [3.05, 3.63) is 0 Å². The first kappa shape index (κ1) is 8.62. The van der Waals surface area contributed by atoms with Crippen LogP contribution in [0.15, 0.2) is 0 Å². The van der Waals surface area contributed by atoms with Gasteiger partial charge in [-0.3, -0.25) is 5.73 Å². The van der Waals surface area contributed by atoms with Gasteiger partial charge >= 0.3 is 14.7 Å². The molecule has 0 atom stereocenters. The molecule has 7 heavy (non-hydrogen) atoms. The van der Waals surface area contributed by atoms with E-state index in [-0.39, 0.29) is 51.4 Å². The molecule has 0 amide bonds. The average Bonchev–Trinajstić information content (AvgIpc) is 1.33. The van der Waals surface area contributed by atoms with Crippen molar-refractivity contribution < 1.29 is 13.6 Å². The summed E-state index contributed by atoms with van der Waals surface area (Å²) in [6.45, 7) is 0. The summed E-state index contributed by atoms with van der Waals surface area (Å²) in [5, 5.41) is 0. The van der Waals surface area contributed by atoms with Gasteiger partial charge in [-0.25, -0.2) is 0 Å². The molecule has 0 bridgehead atoms. The molecule has 0 spiro atoms. The third kappa shape index (κ3) is 2.60. The average molecular weight is 147 g/mol. The van der Waals surface area contributed by atoms with Crippen molar-refractivity contribution >= 4 is 59.6 Å². The van der Waals surface area contributed by atoms with E-state index in [9.17, 15) is 4.57 Å². The van der Waals surface area contributed by atoms with Crippen LogP contribution in [0.3, 0.4) is 0 Å². The van der Waals surface area contributed by atoms with Crippen molar-refractivity contribution in [2.45, 2.75) is 6.41 Å². The number of hydrogen-bond acceptors (Lipinski definition) is 4. The fraction of sp³-hybridized carbons (Fsp3) is 1.00. The molecule has 35 valence electrons. The number of rotatable bonds is 0. The minimum absolute atomic E-state index is 0. The summed E-state index contributed by atoms with van der Waals surface area (Å²) in [5.41, 5.74) is 4.84. The largest absolute Gasteiger partial charge is 0.706 e. The molecule has 1 saturated heterocycles. The Labute approximate surface area is 84.1 Å². The van der Waals surface area contributed by atoms with Crippen molar-refractivity contribution in [1.82, 2.24) is 0 Å². The first-order chi connectivity index (χ1) is 2.79. The Hall–Kier alpha value is 1.62. The zero-order valence-corrected chi connectivity index (χ0v) is 7.84. The molecule has 0 aromatic heterocycles. The van der Waals surface area contributed by atoms with Gasteiger partial charge < -0.3 is 0 Å². The van der Waals surface area contributed by atoms with Gasteiger partial charge in [0.1, 0.15) is 0 Å².